The largest absolute Gasteiger partial charge is 1.00 e. The molecule has 0 bridgehead atoms. The van der Waals surface area contributed by atoms with Gasteiger partial charge in [-0.05, 0) is 24.5 Å². The van der Waals surface area contributed by atoms with Crippen molar-refractivity contribution in [2.24, 2.45) is 0 Å². The van der Waals surface area contributed by atoms with Crippen LogP contribution in [0.25, 0.3) is 0 Å². The third kappa shape index (κ3) is 13.8. The average molecular weight is 435 g/mol. The molecule has 0 aliphatic rings. The van der Waals surface area contributed by atoms with Crippen LogP contribution in [-0.4, -0.2) is 13.0 Å². The first-order chi connectivity index (χ1) is 13.5. The smallest absolute Gasteiger partial charge is 0.872 e. The quantitative estimate of drug-likeness (QED) is 0.231. The van der Waals surface area contributed by atoms with Gasteiger partial charge in [0.15, 0.2) is 0 Å². The molecule has 0 atom stereocenters. The maximum absolute atomic E-state index is 11.9. The predicted molar refractivity (Wildman–Crippen MR) is 114 cm³/mol. The molecule has 0 aliphatic carbocycles. The Hall–Kier alpha value is -0.0700. The zero-order chi connectivity index (χ0) is 20.7. The van der Waals surface area contributed by atoms with Gasteiger partial charge in [0.25, 0.3) is 10.1 Å². The van der Waals surface area contributed by atoms with E-state index >= 15 is 0 Å². The molecule has 0 aromatic heterocycles. The van der Waals surface area contributed by atoms with Gasteiger partial charge < -0.3 is 5.11 Å². The number of hydrogen-bond acceptors (Lipinski definition) is 3. The fourth-order valence-electron chi connectivity index (χ4n) is 3.71. The van der Waals surface area contributed by atoms with Gasteiger partial charge in [0.2, 0.25) is 0 Å². The summed E-state index contributed by atoms with van der Waals surface area (Å²) in [5, 5.41) is 11.9. The number of unbranched alkanes of at least 4 members (excludes halogenated alkanes) is 14. The van der Waals surface area contributed by atoms with Crippen molar-refractivity contribution in [1.82, 2.24) is 0 Å². The molecular weight excluding hydrogens is 395 g/mol. The molecule has 0 saturated carbocycles. The van der Waals surface area contributed by atoms with E-state index in [-0.39, 0.29) is 45.8 Å². The van der Waals surface area contributed by atoms with Crippen molar-refractivity contribution in [1.29, 1.82) is 0 Å². The predicted octanol–water partition coefficient (Wildman–Crippen LogP) is 3.42. The Bertz CT molecular complexity index is 632. The van der Waals surface area contributed by atoms with E-state index in [1.165, 1.54) is 95.2 Å². The van der Waals surface area contributed by atoms with Gasteiger partial charge >= 0.3 is 29.6 Å². The molecule has 0 radical (unpaired) electrons. The van der Waals surface area contributed by atoms with Crippen LogP contribution in [0.1, 0.15) is 109 Å². The van der Waals surface area contributed by atoms with Gasteiger partial charge in [-0.1, -0.05) is 109 Å². The van der Waals surface area contributed by atoms with Gasteiger partial charge in [-0.25, -0.2) is 0 Å². The Labute approximate surface area is 200 Å². The zero-order valence-corrected chi connectivity index (χ0v) is 21.4. The minimum Gasteiger partial charge on any atom is -0.872 e. The normalized spacial score (nSPS) is 11.4. The summed E-state index contributed by atoms with van der Waals surface area (Å²) in [6, 6.07) is 4.04. The number of benzene rings is 1. The van der Waals surface area contributed by atoms with Crippen LogP contribution in [0, 0.1) is 0 Å². The fourth-order valence-corrected chi connectivity index (χ4v) is 4.47. The summed E-state index contributed by atoms with van der Waals surface area (Å²) in [6.45, 7) is 2.26. The standard InChI is InChI=1S/C23H40O4S.Na/c1-2-3-4-5-6-7-8-9-10-11-12-13-14-15-16-18-21-22(24)19-17-20-23(21)28(25,26)27;/h17,19-20,24H,2-16,18H2,1H3,(H,25,26,27);/q;+1/p-1. The van der Waals surface area contributed by atoms with Crippen LogP contribution in [0.2, 0.25) is 0 Å². The van der Waals surface area contributed by atoms with E-state index in [0.29, 0.717) is 6.42 Å². The summed E-state index contributed by atoms with van der Waals surface area (Å²) in [7, 11) is -4.33. The van der Waals surface area contributed by atoms with Crippen LogP contribution in [-0.2, 0) is 16.5 Å². The van der Waals surface area contributed by atoms with Crippen molar-refractivity contribution in [2.75, 3.05) is 0 Å². The van der Waals surface area contributed by atoms with Crippen LogP contribution in [0.4, 0.5) is 0 Å². The summed E-state index contributed by atoms with van der Waals surface area (Å²) in [6.07, 6.45) is 19.4. The van der Waals surface area contributed by atoms with Crippen LogP contribution in [0.15, 0.2) is 23.1 Å². The third-order valence-corrected chi connectivity index (χ3v) is 6.34. The summed E-state index contributed by atoms with van der Waals surface area (Å²) < 4.78 is 32.0. The first-order valence-electron chi connectivity index (χ1n) is 11.2. The van der Waals surface area contributed by atoms with Crippen LogP contribution in [0.5, 0.6) is 5.75 Å². The summed E-state index contributed by atoms with van der Waals surface area (Å²) >= 11 is 0. The van der Waals surface area contributed by atoms with E-state index in [1.807, 2.05) is 0 Å². The van der Waals surface area contributed by atoms with Crippen molar-refractivity contribution in [3.05, 3.63) is 23.8 Å². The van der Waals surface area contributed by atoms with Crippen LogP contribution >= 0.6 is 0 Å². The molecule has 0 spiro atoms. The minimum atomic E-state index is -4.33. The third-order valence-electron chi connectivity index (χ3n) is 5.40. The molecule has 0 saturated heterocycles. The molecular formula is C23H39NaO4S. The molecule has 1 rings (SSSR count). The molecule has 0 heterocycles. The maximum Gasteiger partial charge on any atom is 1.00 e. The minimum absolute atomic E-state index is 0. The Kier molecular flexibility index (Phi) is 17.6. The van der Waals surface area contributed by atoms with Crippen LogP contribution < -0.4 is 34.7 Å². The Balaban J connectivity index is 0.00000784. The van der Waals surface area contributed by atoms with Crippen molar-refractivity contribution in [3.63, 3.8) is 0 Å². The van der Waals surface area contributed by atoms with Gasteiger partial charge in [0.1, 0.15) is 0 Å². The van der Waals surface area contributed by atoms with Gasteiger partial charge in [0.05, 0.1) is 4.90 Å². The van der Waals surface area contributed by atoms with Crippen molar-refractivity contribution >= 4 is 10.1 Å². The van der Waals surface area contributed by atoms with Crippen molar-refractivity contribution in [3.8, 4) is 5.75 Å². The maximum atomic E-state index is 11.9. The SMILES string of the molecule is CCCCCCCCCCCCCCCCCc1c([O-])cccc1S(=O)(=O)O.[Na+]. The topological polar surface area (TPSA) is 77.4 Å². The molecule has 0 unspecified atom stereocenters. The molecule has 4 nitrogen and oxygen atoms in total. The van der Waals surface area contributed by atoms with Gasteiger partial charge in [-0.2, -0.15) is 8.42 Å². The second-order valence-electron chi connectivity index (χ2n) is 7.91. The zero-order valence-electron chi connectivity index (χ0n) is 18.6. The number of rotatable bonds is 17. The molecule has 0 amide bonds. The van der Waals surface area contributed by atoms with Gasteiger partial charge in [-0.3, -0.25) is 4.55 Å². The molecule has 0 aliphatic heterocycles. The molecule has 1 aromatic carbocycles. The summed E-state index contributed by atoms with van der Waals surface area (Å²) in [4.78, 5) is -0.231. The van der Waals surface area contributed by atoms with Crippen molar-refractivity contribution < 1.29 is 47.6 Å². The molecule has 162 valence electrons. The van der Waals surface area contributed by atoms with E-state index in [2.05, 4.69) is 6.92 Å². The fraction of sp³-hybridized carbons (Fsp3) is 0.739. The molecule has 29 heavy (non-hydrogen) atoms. The first kappa shape index (κ1) is 28.9. The van der Waals surface area contributed by atoms with E-state index < -0.39 is 10.1 Å². The van der Waals surface area contributed by atoms with Crippen molar-refractivity contribution in [2.45, 2.75) is 115 Å². The monoisotopic (exact) mass is 434 g/mol. The second kappa shape index (κ2) is 17.6. The van der Waals surface area contributed by atoms with E-state index in [9.17, 15) is 18.1 Å². The van der Waals surface area contributed by atoms with E-state index in [1.54, 1.807) is 0 Å². The Morgan fingerprint density at radius 1 is 0.759 bits per heavy atom. The molecule has 0 fully saturated rings. The van der Waals surface area contributed by atoms with E-state index in [4.69, 9.17) is 0 Å². The Morgan fingerprint density at radius 2 is 1.17 bits per heavy atom. The van der Waals surface area contributed by atoms with E-state index in [0.717, 1.165) is 19.3 Å². The molecule has 6 heteroatoms. The molecule has 1 N–H and O–H groups in total. The van der Waals surface area contributed by atoms with Crippen LogP contribution in [0.3, 0.4) is 0 Å². The summed E-state index contributed by atoms with van der Waals surface area (Å²) in [5.74, 6) is -0.305. The molecule has 1 aromatic rings. The number of hydrogen-bond donors (Lipinski definition) is 1. The summed E-state index contributed by atoms with van der Waals surface area (Å²) in [5.41, 5.74) is 0.222. The van der Waals surface area contributed by atoms with Gasteiger partial charge in [-0.15, -0.1) is 5.75 Å². The Morgan fingerprint density at radius 3 is 1.59 bits per heavy atom. The second-order valence-corrected chi connectivity index (χ2v) is 9.30. The average Bonchev–Trinajstić information content (AvgIpc) is 2.65. The van der Waals surface area contributed by atoms with Gasteiger partial charge in [0, 0.05) is 0 Å². The first-order valence-corrected chi connectivity index (χ1v) is 12.7.